The maximum atomic E-state index is 11.6. The number of nitrogens with one attached hydrogen (secondary N) is 2. The third-order valence-corrected chi connectivity index (χ3v) is 3.09. The van der Waals surface area contributed by atoms with Gasteiger partial charge < -0.3 is 10.1 Å². The smallest absolute Gasteiger partial charge is 0.240 e. The molecule has 0 aliphatic heterocycles. The second-order valence-electron chi connectivity index (χ2n) is 4.84. The van der Waals surface area contributed by atoms with Crippen molar-refractivity contribution in [3.05, 3.63) is 54.4 Å². The zero-order valence-electron chi connectivity index (χ0n) is 13.0. The minimum absolute atomic E-state index is 0.110. The van der Waals surface area contributed by atoms with Crippen LogP contribution in [-0.2, 0) is 4.79 Å². The number of hydrogen-bond donors (Lipinski definition) is 2. The fourth-order valence-electron chi connectivity index (χ4n) is 1.88. The summed E-state index contributed by atoms with van der Waals surface area (Å²) in [6.07, 6.45) is 6.06. The molecule has 0 spiro atoms. The van der Waals surface area contributed by atoms with Crippen LogP contribution in [-0.4, -0.2) is 30.8 Å². The van der Waals surface area contributed by atoms with E-state index in [1.54, 1.807) is 25.7 Å². The lowest BCUT2D eigenvalue weighted by Gasteiger charge is -2.06. The maximum Gasteiger partial charge on any atom is 0.240 e. The van der Waals surface area contributed by atoms with Crippen LogP contribution in [0, 0.1) is 0 Å². The van der Waals surface area contributed by atoms with E-state index in [2.05, 4.69) is 20.8 Å². The minimum atomic E-state index is -0.110. The lowest BCUT2D eigenvalue weighted by molar-refractivity contribution is -0.121. The Labute approximate surface area is 135 Å². The van der Waals surface area contributed by atoms with Gasteiger partial charge in [-0.1, -0.05) is 6.07 Å². The Bertz CT molecular complexity index is 627. The highest BCUT2D eigenvalue weighted by molar-refractivity contribution is 5.81. The van der Waals surface area contributed by atoms with Gasteiger partial charge in [0.15, 0.2) is 0 Å². The van der Waals surface area contributed by atoms with E-state index >= 15 is 0 Å². The first kappa shape index (κ1) is 16.5. The highest BCUT2D eigenvalue weighted by atomic mass is 16.5. The Kier molecular flexibility index (Phi) is 6.59. The summed E-state index contributed by atoms with van der Waals surface area (Å²) in [5.74, 6) is 0.711. The van der Waals surface area contributed by atoms with Crippen LogP contribution in [0.15, 0.2) is 53.9 Å². The van der Waals surface area contributed by atoms with Crippen molar-refractivity contribution >= 4 is 17.8 Å². The summed E-state index contributed by atoms with van der Waals surface area (Å²) in [4.78, 5) is 15.6. The van der Waals surface area contributed by atoms with Crippen molar-refractivity contribution in [1.29, 1.82) is 0 Å². The molecule has 1 aromatic carbocycles. The highest BCUT2D eigenvalue weighted by Gasteiger charge is 1.99. The molecule has 1 amide bonds. The number of aromatic nitrogens is 1. The van der Waals surface area contributed by atoms with E-state index in [1.165, 1.54) is 0 Å². The van der Waals surface area contributed by atoms with Gasteiger partial charge in [0, 0.05) is 36.6 Å². The van der Waals surface area contributed by atoms with Gasteiger partial charge in [0.25, 0.3) is 0 Å². The zero-order valence-corrected chi connectivity index (χ0v) is 13.0. The third-order valence-electron chi connectivity index (χ3n) is 3.09. The van der Waals surface area contributed by atoms with Crippen LogP contribution in [0.3, 0.4) is 0 Å². The van der Waals surface area contributed by atoms with Gasteiger partial charge in [-0.3, -0.25) is 9.78 Å². The first-order chi connectivity index (χ1) is 11.3. The number of benzene rings is 1. The molecule has 120 valence electrons. The largest absolute Gasteiger partial charge is 0.497 e. The Balaban J connectivity index is 1.62. The van der Waals surface area contributed by atoms with Crippen molar-refractivity contribution in [2.24, 2.45) is 5.10 Å². The maximum absolute atomic E-state index is 11.6. The molecule has 0 atom stereocenters. The van der Waals surface area contributed by atoms with Crippen LogP contribution in [0.25, 0.3) is 0 Å². The number of hydrogen-bond acceptors (Lipinski definition) is 5. The van der Waals surface area contributed by atoms with Crippen molar-refractivity contribution in [2.75, 3.05) is 19.0 Å². The van der Waals surface area contributed by atoms with Crippen LogP contribution < -0.4 is 15.5 Å². The molecule has 23 heavy (non-hydrogen) atoms. The fraction of sp³-hybridized carbons (Fsp3) is 0.235. The standard InChI is InChI=1S/C17H20N4O2/c1-23-16-8-6-15(7-9-16)19-11-3-5-17(22)21-20-13-14-4-2-10-18-12-14/h2,4,6-10,12-13,19H,3,5,11H2,1H3,(H,21,22)/b20-13+. The monoisotopic (exact) mass is 312 g/mol. The number of anilines is 1. The van der Waals surface area contributed by atoms with E-state index in [1.807, 2.05) is 36.4 Å². The summed E-state index contributed by atoms with van der Waals surface area (Å²) in [6, 6.07) is 11.3. The normalized spacial score (nSPS) is 10.5. The molecule has 0 saturated heterocycles. The van der Waals surface area contributed by atoms with E-state index in [4.69, 9.17) is 4.74 Å². The lowest BCUT2D eigenvalue weighted by atomic mass is 10.2. The Morgan fingerprint density at radius 3 is 2.83 bits per heavy atom. The number of pyridine rings is 1. The van der Waals surface area contributed by atoms with Crippen molar-refractivity contribution < 1.29 is 9.53 Å². The van der Waals surface area contributed by atoms with Gasteiger partial charge >= 0.3 is 0 Å². The topological polar surface area (TPSA) is 75.6 Å². The zero-order chi connectivity index (χ0) is 16.3. The van der Waals surface area contributed by atoms with E-state index in [-0.39, 0.29) is 5.91 Å². The summed E-state index contributed by atoms with van der Waals surface area (Å²) >= 11 is 0. The van der Waals surface area contributed by atoms with Gasteiger partial charge in [-0.15, -0.1) is 0 Å². The van der Waals surface area contributed by atoms with Gasteiger partial charge in [-0.25, -0.2) is 5.43 Å². The quantitative estimate of drug-likeness (QED) is 0.446. The molecule has 0 unspecified atom stereocenters. The molecule has 6 nitrogen and oxygen atoms in total. The van der Waals surface area contributed by atoms with Gasteiger partial charge in [-0.05, 0) is 36.8 Å². The summed E-state index contributed by atoms with van der Waals surface area (Å²) in [5, 5.41) is 7.15. The molecule has 1 heterocycles. The second-order valence-corrected chi connectivity index (χ2v) is 4.84. The number of rotatable bonds is 8. The molecule has 0 aliphatic rings. The van der Waals surface area contributed by atoms with Gasteiger partial charge in [0.1, 0.15) is 5.75 Å². The summed E-state index contributed by atoms with van der Waals surface area (Å²) in [5.41, 5.74) is 4.35. The predicted molar refractivity (Wildman–Crippen MR) is 90.7 cm³/mol. The highest BCUT2D eigenvalue weighted by Crippen LogP contribution is 2.14. The van der Waals surface area contributed by atoms with Gasteiger partial charge in [0.2, 0.25) is 5.91 Å². The van der Waals surface area contributed by atoms with Gasteiger partial charge in [0.05, 0.1) is 13.3 Å². The number of amides is 1. The van der Waals surface area contributed by atoms with Crippen molar-refractivity contribution in [2.45, 2.75) is 12.8 Å². The first-order valence-corrected chi connectivity index (χ1v) is 7.38. The number of hydrazone groups is 1. The number of methoxy groups -OCH3 is 1. The second kappa shape index (κ2) is 9.19. The molecule has 0 bridgehead atoms. The number of ether oxygens (including phenoxy) is 1. The molecule has 0 aliphatic carbocycles. The van der Waals surface area contributed by atoms with E-state index in [0.29, 0.717) is 13.0 Å². The van der Waals surface area contributed by atoms with Gasteiger partial charge in [-0.2, -0.15) is 5.10 Å². The third kappa shape index (κ3) is 6.17. The summed E-state index contributed by atoms with van der Waals surface area (Å²) < 4.78 is 5.10. The van der Waals surface area contributed by atoms with Crippen LogP contribution >= 0.6 is 0 Å². The molecule has 0 saturated carbocycles. The van der Waals surface area contributed by atoms with Crippen molar-refractivity contribution in [3.63, 3.8) is 0 Å². The lowest BCUT2D eigenvalue weighted by Crippen LogP contribution is -2.18. The van der Waals surface area contributed by atoms with E-state index < -0.39 is 0 Å². The Morgan fingerprint density at radius 1 is 1.30 bits per heavy atom. The molecule has 2 aromatic rings. The molecule has 6 heteroatoms. The van der Waals surface area contributed by atoms with Crippen LogP contribution in [0.5, 0.6) is 5.75 Å². The molecular formula is C17H20N4O2. The molecule has 2 rings (SSSR count). The molecule has 2 N–H and O–H groups in total. The number of nitrogens with zero attached hydrogens (tertiary/aromatic N) is 2. The summed E-state index contributed by atoms with van der Waals surface area (Å²) in [6.45, 7) is 0.714. The summed E-state index contributed by atoms with van der Waals surface area (Å²) in [7, 11) is 1.64. The average Bonchev–Trinajstić information content (AvgIpc) is 2.60. The van der Waals surface area contributed by atoms with Crippen molar-refractivity contribution in [1.82, 2.24) is 10.4 Å². The van der Waals surface area contributed by atoms with Crippen LogP contribution in [0.4, 0.5) is 5.69 Å². The van der Waals surface area contributed by atoms with E-state index in [0.717, 1.165) is 23.4 Å². The minimum Gasteiger partial charge on any atom is -0.497 e. The van der Waals surface area contributed by atoms with E-state index in [9.17, 15) is 4.79 Å². The average molecular weight is 312 g/mol. The Hall–Kier alpha value is -2.89. The first-order valence-electron chi connectivity index (χ1n) is 7.38. The number of carbonyl (C=O) groups excluding carboxylic acids is 1. The van der Waals surface area contributed by atoms with Crippen molar-refractivity contribution in [3.8, 4) is 5.75 Å². The predicted octanol–water partition coefficient (Wildman–Crippen LogP) is 2.43. The number of carbonyl (C=O) groups is 1. The fourth-order valence-corrected chi connectivity index (χ4v) is 1.88. The molecule has 1 aromatic heterocycles. The van der Waals surface area contributed by atoms with Crippen LogP contribution in [0.1, 0.15) is 18.4 Å². The molecular weight excluding hydrogens is 292 g/mol. The molecule has 0 fully saturated rings. The SMILES string of the molecule is COc1ccc(NCCCC(=O)N/N=C/c2cccnc2)cc1. The molecule has 0 radical (unpaired) electrons. The Morgan fingerprint density at radius 2 is 2.13 bits per heavy atom. The van der Waals surface area contributed by atoms with Crippen LogP contribution in [0.2, 0.25) is 0 Å².